The maximum atomic E-state index is 13.0. The van der Waals surface area contributed by atoms with Crippen LogP contribution in [0.4, 0.5) is 0 Å². The SMILES string of the molecule is NCCC(=O)NCC1CCCCN1C(=O)c1csc(Cc2ccccc2)n1. The molecule has 2 amide bonds. The van der Waals surface area contributed by atoms with Gasteiger partial charge in [-0.3, -0.25) is 9.59 Å². The van der Waals surface area contributed by atoms with E-state index in [9.17, 15) is 9.59 Å². The average molecular weight is 387 g/mol. The van der Waals surface area contributed by atoms with E-state index in [4.69, 9.17) is 5.73 Å². The highest BCUT2D eigenvalue weighted by Gasteiger charge is 2.29. The molecule has 0 bridgehead atoms. The first kappa shape index (κ1) is 19.5. The zero-order chi connectivity index (χ0) is 19.1. The second kappa shape index (κ2) is 9.62. The summed E-state index contributed by atoms with van der Waals surface area (Å²) >= 11 is 1.52. The van der Waals surface area contributed by atoms with Gasteiger partial charge < -0.3 is 16.0 Å². The van der Waals surface area contributed by atoms with Crippen LogP contribution in [0.2, 0.25) is 0 Å². The van der Waals surface area contributed by atoms with Gasteiger partial charge in [0.15, 0.2) is 0 Å². The fraction of sp³-hybridized carbons (Fsp3) is 0.450. The molecule has 1 aliphatic rings. The van der Waals surface area contributed by atoms with Gasteiger partial charge in [0.1, 0.15) is 5.69 Å². The van der Waals surface area contributed by atoms with E-state index in [-0.39, 0.29) is 17.9 Å². The van der Waals surface area contributed by atoms with Crippen LogP contribution in [0.1, 0.15) is 46.7 Å². The van der Waals surface area contributed by atoms with Gasteiger partial charge in [0, 0.05) is 43.9 Å². The van der Waals surface area contributed by atoms with Crippen LogP contribution in [0.3, 0.4) is 0 Å². The van der Waals surface area contributed by atoms with Gasteiger partial charge in [0.2, 0.25) is 5.91 Å². The number of carbonyl (C=O) groups is 2. The van der Waals surface area contributed by atoms with Gasteiger partial charge in [-0.2, -0.15) is 0 Å². The number of benzene rings is 1. The van der Waals surface area contributed by atoms with E-state index in [1.54, 1.807) is 0 Å². The number of hydrogen-bond acceptors (Lipinski definition) is 5. The lowest BCUT2D eigenvalue weighted by Crippen LogP contribution is -2.49. The van der Waals surface area contributed by atoms with Crippen LogP contribution in [0.5, 0.6) is 0 Å². The smallest absolute Gasteiger partial charge is 0.273 e. The Morgan fingerprint density at radius 1 is 1.26 bits per heavy atom. The maximum Gasteiger partial charge on any atom is 0.273 e. The molecule has 3 rings (SSSR count). The number of nitrogens with one attached hydrogen (secondary N) is 1. The third-order valence-corrected chi connectivity index (χ3v) is 5.61. The fourth-order valence-electron chi connectivity index (χ4n) is 3.34. The Hall–Kier alpha value is -2.25. The molecule has 2 aromatic rings. The minimum Gasteiger partial charge on any atom is -0.354 e. The van der Waals surface area contributed by atoms with Crippen molar-refractivity contribution >= 4 is 23.2 Å². The summed E-state index contributed by atoms with van der Waals surface area (Å²) in [6.07, 6.45) is 4.00. The Morgan fingerprint density at radius 3 is 2.85 bits per heavy atom. The Labute approximate surface area is 163 Å². The number of carbonyl (C=O) groups excluding carboxylic acids is 2. The molecule has 1 aromatic heterocycles. The molecule has 2 heterocycles. The quantitative estimate of drug-likeness (QED) is 0.763. The van der Waals surface area contributed by atoms with E-state index in [0.717, 1.165) is 30.7 Å². The molecule has 3 N–H and O–H groups in total. The van der Waals surface area contributed by atoms with Crippen LogP contribution in [0.25, 0.3) is 0 Å². The van der Waals surface area contributed by atoms with Crippen molar-refractivity contribution in [2.75, 3.05) is 19.6 Å². The number of thiazole rings is 1. The normalized spacial score (nSPS) is 16.9. The number of hydrogen-bond donors (Lipinski definition) is 2. The first-order valence-electron chi connectivity index (χ1n) is 9.43. The van der Waals surface area contributed by atoms with Crippen molar-refractivity contribution in [2.45, 2.75) is 38.1 Å². The molecular weight excluding hydrogens is 360 g/mol. The van der Waals surface area contributed by atoms with E-state index in [1.165, 1.54) is 16.9 Å². The van der Waals surface area contributed by atoms with Gasteiger partial charge in [-0.05, 0) is 24.8 Å². The Morgan fingerprint density at radius 2 is 2.07 bits per heavy atom. The molecule has 1 fully saturated rings. The molecular formula is C20H26N4O2S. The third kappa shape index (κ3) is 5.37. The zero-order valence-corrected chi connectivity index (χ0v) is 16.2. The molecule has 0 spiro atoms. The minimum atomic E-state index is -0.0609. The number of amides is 2. The van der Waals surface area contributed by atoms with Gasteiger partial charge in [0.05, 0.1) is 5.01 Å². The topological polar surface area (TPSA) is 88.3 Å². The average Bonchev–Trinajstić information content (AvgIpc) is 3.15. The molecule has 27 heavy (non-hydrogen) atoms. The van der Waals surface area contributed by atoms with Gasteiger partial charge >= 0.3 is 0 Å². The van der Waals surface area contributed by atoms with Crippen molar-refractivity contribution in [3.05, 3.63) is 52.0 Å². The summed E-state index contributed by atoms with van der Waals surface area (Å²) < 4.78 is 0. The summed E-state index contributed by atoms with van der Waals surface area (Å²) in [6, 6.07) is 10.1. The lowest BCUT2D eigenvalue weighted by atomic mass is 10.0. The molecule has 144 valence electrons. The van der Waals surface area contributed by atoms with Crippen LogP contribution in [-0.4, -0.2) is 47.4 Å². The van der Waals surface area contributed by atoms with Crippen molar-refractivity contribution in [1.29, 1.82) is 0 Å². The number of rotatable bonds is 7. The third-order valence-electron chi connectivity index (χ3n) is 4.76. The summed E-state index contributed by atoms with van der Waals surface area (Å²) in [7, 11) is 0. The molecule has 6 nitrogen and oxygen atoms in total. The fourth-order valence-corrected chi connectivity index (χ4v) is 4.14. The first-order valence-corrected chi connectivity index (χ1v) is 10.3. The number of piperidine rings is 1. The van der Waals surface area contributed by atoms with E-state index in [2.05, 4.69) is 22.4 Å². The summed E-state index contributed by atoms with van der Waals surface area (Å²) in [6.45, 7) is 1.52. The molecule has 1 aromatic carbocycles. The molecule has 0 saturated carbocycles. The molecule has 1 unspecified atom stereocenters. The Bertz CT molecular complexity index is 762. The van der Waals surface area contributed by atoms with E-state index >= 15 is 0 Å². The van der Waals surface area contributed by atoms with Crippen LogP contribution >= 0.6 is 11.3 Å². The van der Waals surface area contributed by atoms with Crippen LogP contribution in [-0.2, 0) is 11.2 Å². The molecule has 1 aliphatic heterocycles. The van der Waals surface area contributed by atoms with Crippen molar-refractivity contribution in [3.63, 3.8) is 0 Å². The summed E-state index contributed by atoms with van der Waals surface area (Å²) in [5, 5.41) is 5.68. The highest BCUT2D eigenvalue weighted by Crippen LogP contribution is 2.21. The summed E-state index contributed by atoms with van der Waals surface area (Å²) in [5.41, 5.74) is 7.10. The minimum absolute atomic E-state index is 0.0206. The predicted molar refractivity (Wildman–Crippen MR) is 107 cm³/mol. The summed E-state index contributed by atoms with van der Waals surface area (Å²) in [5.74, 6) is -0.0994. The summed E-state index contributed by atoms with van der Waals surface area (Å²) in [4.78, 5) is 31.1. The standard InChI is InChI=1S/C20H26N4O2S/c21-10-9-18(25)22-13-16-8-4-5-11-24(16)20(26)17-14-27-19(23-17)12-15-6-2-1-3-7-15/h1-3,6-7,14,16H,4-5,8-13,21H2,(H,22,25). The Balaban J connectivity index is 1.63. The highest BCUT2D eigenvalue weighted by atomic mass is 32.1. The highest BCUT2D eigenvalue weighted by molar-refractivity contribution is 7.09. The monoisotopic (exact) mass is 386 g/mol. The van der Waals surface area contributed by atoms with Crippen molar-refractivity contribution in [2.24, 2.45) is 5.73 Å². The lowest BCUT2D eigenvalue weighted by Gasteiger charge is -2.35. The first-order chi connectivity index (χ1) is 13.2. The molecule has 7 heteroatoms. The van der Waals surface area contributed by atoms with Crippen molar-refractivity contribution < 1.29 is 9.59 Å². The molecule has 0 aliphatic carbocycles. The van der Waals surface area contributed by atoms with Gasteiger partial charge in [0.25, 0.3) is 5.91 Å². The van der Waals surface area contributed by atoms with Crippen molar-refractivity contribution in [1.82, 2.24) is 15.2 Å². The van der Waals surface area contributed by atoms with E-state index < -0.39 is 0 Å². The maximum absolute atomic E-state index is 13.0. The number of aromatic nitrogens is 1. The Kier molecular flexibility index (Phi) is 6.95. The van der Waals surface area contributed by atoms with Crippen LogP contribution < -0.4 is 11.1 Å². The van der Waals surface area contributed by atoms with E-state index in [0.29, 0.717) is 31.7 Å². The van der Waals surface area contributed by atoms with Gasteiger partial charge in [-0.25, -0.2) is 4.98 Å². The van der Waals surface area contributed by atoms with Gasteiger partial charge in [-0.15, -0.1) is 11.3 Å². The van der Waals surface area contributed by atoms with Gasteiger partial charge in [-0.1, -0.05) is 30.3 Å². The largest absolute Gasteiger partial charge is 0.354 e. The molecule has 1 saturated heterocycles. The van der Waals surface area contributed by atoms with Crippen molar-refractivity contribution in [3.8, 4) is 0 Å². The molecule has 1 atom stereocenters. The lowest BCUT2D eigenvalue weighted by molar-refractivity contribution is -0.121. The number of nitrogens with zero attached hydrogens (tertiary/aromatic N) is 2. The molecule has 0 radical (unpaired) electrons. The predicted octanol–water partition coefficient (Wildman–Crippen LogP) is 2.19. The number of nitrogens with two attached hydrogens (primary N) is 1. The van der Waals surface area contributed by atoms with Crippen LogP contribution in [0.15, 0.2) is 35.7 Å². The second-order valence-corrected chi connectivity index (χ2v) is 7.72. The second-order valence-electron chi connectivity index (χ2n) is 6.78. The van der Waals surface area contributed by atoms with E-state index in [1.807, 2.05) is 28.5 Å². The van der Waals surface area contributed by atoms with Crippen LogP contribution in [0, 0.1) is 0 Å². The zero-order valence-electron chi connectivity index (χ0n) is 15.4. The number of likely N-dealkylation sites (tertiary alicyclic amines) is 1.